The van der Waals surface area contributed by atoms with Gasteiger partial charge in [-0.15, -0.1) is 0 Å². The number of hydrogen-bond donors (Lipinski definition) is 0. The second-order valence-electron chi connectivity index (χ2n) is 3.89. The Labute approximate surface area is 117 Å². The number of rotatable bonds is 3. The van der Waals surface area contributed by atoms with Gasteiger partial charge >= 0.3 is 0 Å². The zero-order chi connectivity index (χ0) is 14.0. The highest BCUT2D eigenvalue weighted by Gasteiger charge is 2.13. The average molecular weight is 330 g/mol. The van der Waals surface area contributed by atoms with Crippen molar-refractivity contribution in [3.05, 3.63) is 40.5 Å². The molecular weight excluding hydrogens is 320 g/mol. The maximum absolute atomic E-state index is 13.6. The molecule has 100 valence electrons. The highest BCUT2D eigenvalue weighted by molar-refractivity contribution is 9.10. The molecule has 0 spiro atoms. The summed E-state index contributed by atoms with van der Waals surface area (Å²) < 4.78 is 32.4. The van der Waals surface area contributed by atoms with E-state index < -0.39 is 11.6 Å². The Bertz CT molecular complexity index is 608. The van der Waals surface area contributed by atoms with Gasteiger partial charge in [-0.05, 0) is 12.1 Å². The van der Waals surface area contributed by atoms with Crippen molar-refractivity contribution in [2.24, 2.45) is 0 Å². The molecule has 0 unspecified atom stereocenters. The van der Waals surface area contributed by atoms with Gasteiger partial charge < -0.3 is 9.64 Å². The molecule has 19 heavy (non-hydrogen) atoms. The molecule has 0 saturated heterocycles. The minimum atomic E-state index is -1.06. The van der Waals surface area contributed by atoms with Gasteiger partial charge in [0, 0.05) is 30.8 Å². The molecule has 2 aromatic rings. The van der Waals surface area contributed by atoms with Gasteiger partial charge in [0.15, 0.2) is 11.6 Å². The molecule has 2 rings (SSSR count). The molecule has 0 saturated carbocycles. The van der Waals surface area contributed by atoms with Crippen LogP contribution < -0.4 is 9.64 Å². The number of benzene rings is 1. The molecule has 0 aliphatic heterocycles. The maximum Gasteiger partial charge on any atom is 0.228 e. The summed E-state index contributed by atoms with van der Waals surface area (Å²) in [7, 11) is 3.52. The Kier molecular flexibility index (Phi) is 3.94. The Morgan fingerprint density at radius 3 is 2.68 bits per heavy atom. The lowest BCUT2D eigenvalue weighted by molar-refractivity contribution is 0.404. The van der Waals surface area contributed by atoms with Crippen LogP contribution in [0, 0.1) is 11.6 Å². The van der Waals surface area contributed by atoms with Gasteiger partial charge in [0.1, 0.15) is 0 Å². The fraction of sp³-hybridized carbons (Fsp3) is 0.167. The molecule has 0 bridgehead atoms. The van der Waals surface area contributed by atoms with E-state index in [-0.39, 0.29) is 11.6 Å². The standard InChI is InChI=1S/C12H10BrF2N3O/c1-18(2)12-16-4-3-10(17-12)19-9-6-7(13)5-8(14)11(9)15/h3-6H,1-2H3. The topological polar surface area (TPSA) is 38.2 Å². The first kappa shape index (κ1) is 13.7. The summed E-state index contributed by atoms with van der Waals surface area (Å²) in [6.07, 6.45) is 1.48. The van der Waals surface area contributed by atoms with E-state index in [2.05, 4.69) is 25.9 Å². The van der Waals surface area contributed by atoms with Gasteiger partial charge in [0.05, 0.1) is 0 Å². The number of anilines is 1. The largest absolute Gasteiger partial charge is 0.436 e. The Morgan fingerprint density at radius 1 is 1.26 bits per heavy atom. The Morgan fingerprint density at radius 2 is 2.00 bits per heavy atom. The van der Waals surface area contributed by atoms with Crippen LogP contribution in [0.5, 0.6) is 11.6 Å². The van der Waals surface area contributed by atoms with E-state index in [1.165, 1.54) is 18.3 Å². The number of halogens is 3. The van der Waals surface area contributed by atoms with E-state index in [1.807, 2.05) is 0 Å². The molecule has 0 radical (unpaired) electrons. The molecule has 4 nitrogen and oxygen atoms in total. The first-order chi connectivity index (χ1) is 8.97. The number of ether oxygens (including phenoxy) is 1. The minimum absolute atomic E-state index is 0.134. The lowest BCUT2D eigenvalue weighted by atomic mass is 10.3. The van der Waals surface area contributed by atoms with Gasteiger partial charge in [-0.1, -0.05) is 15.9 Å². The van der Waals surface area contributed by atoms with E-state index in [1.54, 1.807) is 19.0 Å². The highest BCUT2D eigenvalue weighted by Crippen LogP contribution is 2.29. The summed E-state index contributed by atoms with van der Waals surface area (Å²) >= 11 is 3.07. The zero-order valence-electron chi connectivity index (χ0n) is 10.2. The molecule has 0 aliphatic carbocycles. The Hall–Kier alpha value is -1.76. The average Bonchev–Trinajstić information content (AvgIpc) is 2.35. The van der Waals surface area contributed by atoms with Crippen molar-refractivity contribution in [1.82, 2.24) is 9.97 Å². The molecule has 0 aliphatic rings. The first-order valence-electron chi connectivity index (χ1n) is 5.30. The normalized spacial score (nSPS) is 10.4. The van der Waals surface area contributed by atoms with E-state index >= 15 is 0 Å². The second-order valence-corrected chi connectivity index (χ2v) is 4.81. The summed E-state index contributed by atoms with van der Waals surface area (Å²) in [4.78, 5) is 9.72. The molecule has 1 aromatic carbocycles. The van der Waals surface area contributed by atoms with Crippen molar-refractivity contribution < 1.29 is 13.5 Å². The first-order valence-corrected chi connectivity index (χ1v) is 6.09. The van der Waals surface area contributed by atoms with E-state index in [9.17, 15) is 8.78 Å². The number of hydrogen-bond acceptors (Lipinski definition) is 4. The van der Waals surface area contributed by atoms with Crippen molar-refractivity contribution in [1.29, 1.82) is 0 Å². The van der Waals surface area contributed by atoms with Gasteiger partial charge in [-0.2, -0.15) is 9.37 Å². The molecule has 1 heterocycles. The molecule has 0 fully saturated rings. The summed E-state index contributed by atoms with van der Waals surface area (Å²) in [6.45, 7) is 0. The highest BCUT2D eigenvalue weighted by atomic mass is 79.9. The number of nitrogens with zero attached hydrogens (tertiary/aromatic N) is 3. The molecule has 1 aromatic heterocycles. The van der Waals surface area contributed by atoms with Crippen LogP contribution in [0.3, 0.4) is 0 Å². The second kappa shape index (κ2) is 5.48. The van der Waals surface area contributed by atoms with Crippen LogP contribution in [0.1, 0.15) is 0 Å². The predicted molar refractivity (Wildman–Crippen MR) is 70.5 cm³/mol. The predicted octanol–water partition coefficient (Wildman–Crippen LogP) is 3.38. The van der Waals surface area contributed by atoms with E-state index in [4.69, 9.17) is 4.74 Å². The summed E-state index contributed by atoms with van der Waals surface area (Å²) in [5.74, 6) is -1.75. The van der Waals surface area contributed by atoms with Crippen LogP contribution in [0.25, 0.3) is 0 Å². The van der Waals surface area contributed by atoms with Gasteiger partial charge in [-0.3, -0.25) is 0 Å². The van der Waals surface area contributed by atoms with Crippen LogP contribution in [0.2, 0.25) is 0 Å². The van der Waals surface area contributed by atoms with Crippen molar-refractivity contribution in [2.75, 3.05) is 19.0 Å². The number of aromatic nitrogens is 2. The fourth-order valence-corrected chi connectivity index (χ4v) is 1.73. The van der Waals surface area contributed by atoms with Crippen LogP contribution in [0.15, 0.2) is 28.9 Å². The quantitative estimate of drug-likeness (QED) is 0.809. The third-order valence-electron chi connectivity index (χ3n) is 2.19. The summed E-state index contributed by atoms with van der Waals surface area (Å²) in [5, 5.41) is 0. The minimum Gasteiger partial charge on any atom is -0.436 e. The van der Waals surface area contributed by atoms with Crippen LogP contribution >= 0.6 is 15.9 Å². The van der Waals surface area contributed by atoms with Crippen molar-refractivity contribution >= 4 is 21.9 Å². The summed E-state index contributed by atoms with van der Waals surface area (Å²) in [5.41, 5.74) is 0. The maximum atomic E-state index is 13.6. The Balaban J connectivity index is 2.33. The lowest BCUT2D eigenvalue weighted by Gasteiger charge is -2.11. The van der Waals surface area contributed by atoms with E-state index in [0.717, 1.165) is 6.07 Å². The van der Waals surface area contributed by atoms with Crippen LogP contribution in [-0.2, 0) is 0 Å². The van der Waals surface area contributed by atoms with Crippen molar-refractivity contribution in [3.63, 3.8) is 0 Å². The monoisotopic (exact) mass is 329 g/mol. The third kappa shape index (κ3) is 3.17. The molecule has 0 N–H and O–H groups in total. The summed E-state index contributed by atoms with van der Waals surface area (Å²) in [6, 6.07) is 3.81. The van der Waals surface area contributed by atoms with Gasteiger partial charge in [0.25, 0.3) is 0 Å². The van der Waals surface area contributed by atoms with Crippen molar-refractivity contribution in [3.8, 4) is 11.6 Å². The van der Waals surface area contributed by atoms with Gasteiger partial charge in [0.2, 0.25) is 17.6 Å². The molecule has 0 atom stereocenters. The van der Waals surface area contributed by atoms with Gasteiger partial charge in [-0.25, -0.2) is 9.37 Å². The fourth-order valence-electron chi connectivity index (χ4n) is 1.32. The smallest absolute Gasteiger partial charge is 0.228 e. The third-order valence-corrected chi connectivity index (χ3v) is 2.65. The van der Waals surface area contributed by atoms with Crippen LogP contribution in [-0.4, -0.2) is 24.1 Å². The molecule has 0 amide bonds. The van der Waals surface area contributed by atoms with E-state index in [0.29, 0.717) is 10.4 Å². The zero-order valence-corrected chi connectivity index (χ0v) is 11.8. The SMILES string of the molecule is CN(C)c1nccc(Oc2cc(Br)cc(F)c2F)n1. The van der Waals surface area contributed by atoms with Crippen molar-refractivity contribution in [2.45, 2.75) is 0 Å². The van der Waals surface area contributed by atoms with Crippen LogP contribution in [0.4, 0.5) is 14.7 Å². The molecular formula is C12H10BrF2N3O. The lowest BCUT2D eigenvalue weighted by Crippen LogP contribution is -2.12. The molecule has 7 heteroatoms.